The van der Waals surface area contributed by atoms with Gasteiger partial charge in [-0.15, -0.1) is 11.8 Å². The van der Waals surface area contributed by atoms with Gasteiger partial charge in [0.25, 0.3) is 11.8 Å². The van der Waals surface area contributed by atoms with Crippen LogP contribution in [0.25, 0.3) is 0 Å². The highest BCUT2D eigenvalue weighted by atomic mass is 32.2. The van der Waals surface area contributed by atoms with E-state index in [0.717, 1.165) is 42.9 Å². The van der Waals surface area contributed by atoms with Gasteiger partial charge in [0.15, 0.2) is 6.61 Å². The van der Waals surface area contributed by atoms with Gasteiger partial charge in [-0.2, -0.15) is 0 Å². The van der Waals surface area contributed by atoms with E-state index in [4.69, 9.17) is 9.47 Å². The lowest BCUT2D eigenvalue weighted by atomic mass is 9.90. The molecule has 1 atom stereocenters. The third-order valence-electron chi connectivity index (χ3n) is 6.81. The highest BCUT2D eigenvalue weighted by molar-refractivity contribution is 7.99. The van der Waals surface area contributed by atoms with Gasteiger partial charge in [0.1, 0.15) is 5.54 Å². The molecule has 178 valence electrons. The lowest BCUT2D eigenvalue weighted by molar-refractivity contribution is -0.129. The van der Waals surface area contributed by atoms with Crippen LogP contribution in [0.3, 0.4) is 0 Å². The van der Waals surface area contributed by atoms with E-state index >= 15 is 0 Å². The van der Waals surface area contributed by atoms with E-state index in [2.05, 4.69) is 5.32 Å². The van der Waals surface area contributed by atoms with Crippen molar-refractivity contribution in [2.45, 2.75) is 55.1 Å². The Kier molecular flexibility index (Phi) is 6.61. The van der Waals surface area contributed by atoms with Gasteiger partial charge < -0.3 is 14.8 Å². The maximum Gasteiger partial charge on any atom is 0.339 e. The number of carbonyl (C=O) groups is 3. The first-order valence-electron chi connectivity index (χ1n) is 11.8. The molecule has 3 aliphatic rings. The summed E-state index contributed by atoms with van der Waals surface area (Å²) in [5, 5.41) is 2.96. The predicted octanol–water partition coefficient (Wildman–Crippen LogP) is 4.41. The quantitative estimate of drug-likeness (QED) is 0.487. The number of ether oxygens (including phenoxy) is 2. The Morgan fingerprint density at radius 1 is 1.09 bits per heavy atom. The summed E-state index contributed by atoms with van der Waals surface area (Å²) in [5.74, 6) is -0.328. The van der Waals surface area contributed by atoms with Crippen LogP contribution in [0.5, 0.6) is 0 Å². The van der Waals surface area contributed by atoms with Crippen LogP contribution in [0.1, 0.15) is 48.9 Å². The second-order valence-electron chi connectivity index (χ2n) is 8.96. The van der Waals surface area contributed by atoms with E-state index < -0.39 is 18.1 Å². The van der Waals surface area contributed by atoms with Gasteiger partial charge in [-0.05, 0) is 49.9 Å². The van der Waals surface area contributed by atoms with Crippen molar-refractivity contribution in [1.82, 2.24) is 0 Å². The van der Waals surface area contributed by atoms with Gasteiger partial charge in [0.2, 0.25) is 0 Å². The van der Waals surface area contributed by atoms with Gasteiger partial charge in [-0.25, -0.2) is 4.79 Å². The fourth-order valence-corrected chi connectivity index (χ4v) is 6.23. The molecule has 0 bridgehead atoms. The molecule has 0 radical (unpaired) electrons. The van der Waals surface area contributed by atoms with Crippen molar-refractivity contribution in [1.29, 1.82) is 0 Å². The van der Waals surface area contributed by atoms with E-state index in [9.17, 15) is 14.4 Å². The Labute approximate surface area is 203 Å². The minimum atomic E-state index is -0.924. The molecule has 1 aliphatic carbocycles. The first kappa shape index (κ1) is 22.9. The Balaban J connectivity index is 1.31. The number of carbonyl (C=O) groups excluding carboxylic acids is 3. The van der Waals surface area contributed by atoms with Crippen molar-refractivity contribution in [2.24, 2.45) is 0 Å². The third-order valence-corrected chi connectivity index (χ3v) is 8.01. The number of anilines is 2. The van der Waals surface area contributed by atoms with E-state index in [0.29, 0.717) is 29.8 Å². The molecule has 1 saturated carbocycles. The van der Waals surface area contributed by atoms with Crippen LogP contribution >= 0.6 is 11.8 Å². The molecule has 1 N–H and O–H groups in total. The summed E-state index contributed by atoms with van der Waals surface area (Å²) in [7, 11) is 0. The van der Waals surface area contributed by atoms with Crippen molar-refractivity contribution < 1.29 is 23.9 Å². The molecule has 1 unspecified atom stereocenters. The Hall–Kier alpha value is -2.84. The fraction of sp³-hybridized carbons (Fsp3) is 0.423. The number of fused-ring (bicyclic) bond motifs is 1. The lowest BCUT2D eigenvalue weighted by Crippen LogP contribution is -2.61. The molecule has 2 aromatic rings. The van der Waals surface area contributed by atoms with Gasteiger partial charge in [0.05, 0.1) is 23.0 Å². The largest absolute Gasteiger partial charge is 0.452 e. The Morgan fingerprint density at radius 3 is 2.65 bits per heavy atom. The number of esters is 1. The minimum absolute atomic E-state index is 0.167. The van der Waals surface area contributed by atoms with E-state index in [1.54, 1.807) is 34.9 Å². The van der Waals surface area contributed by atoms with Crippen molar-refractivity contribution in [3.63, 3.8) is 0 Å². The topological polar surface area (TPSA) is 84.9 Å². The molecule has 2 aliphatic heterocycles. The summed E-state index contributed by atoms with van der Waals surface area (Å²) in [6.07, 6.45) is 5.22. The second-order valence-corrected chi connectivity index (χ2v) is 10.0. The molecule has 0 aromatic heterocycles. The summed E-state index contributed by atoms with van der Waals surface area (Å²) in [4.78, 5) is 41.8. The maximum absolute atomic E-state index is 13.4. The summed E-state index contributed by atoms with van der Waals surface area (Å²) in [5.41, 5.74) is 0.760. The number of benzene rings is 2. The van der Waals surface area contributed by atoms with Gasteiger partial charge in [-0.3, -0.25) is 14.5 Å². The smallest absolute Gasteiger partial charge is 0.339 e. The molecule has 2 heterocycles. The summed E-state index contributed by atoms with van der Waals surface area (Å²) >= 11 is 1.57. The average Bonchev–Trinajstić information content (AvgIpc) is 3.55. The monoisotopic (exact) mass is 480 g/mol. The van der Waals surface area contributed by atoms with Crippen LogP contribution in [0, 0.1) is 0 Å². The number of thioether (sulfide) groups is 1. The summed E-state index contributed by atoms with van der Waals surface area (Å²) in [6.45, 7) is 0.364. The SMILES string of the molecule is O=C(OCC(=O)N1c2ccccc2NC(=O)C12CCCC2)c1ccccc1SCC1CCCO1. The van der Waals surface area contributed by atoms with Crippen LogP contribution in [-0.4, -0.2) is 48.4 Å². The molecule has 34 heavy (non-hydrogen) atoms. The van der Waals surface area contributed by atoms with Gasteiger partial charge in [-0.1, -0.05) is 37.1 Å². The zero-order valence-corrected chi connectivity index (χ0v) is 19.8. The second kappa shape index (κ2) is 9.80. The zero-order chi connectivity index (χ0) is 23.5. The lowest BCUT2D eigenvalue weighted by Gasteiger charge is -2.44. The summed E-state index contributed by atoms with van der Waals surface area (Å²) < 4.78 is 11.2. The average molecular weight is 481 g/mol. The van der Waals surface area contributed by atoms with Gasteiger partial charge >= 0.3 is 5.97 Å². The molecule has 1 saturated heterocycles. The predicted molar refractivity (Wildman–Crippen MR) is 130 cm³/mol. The van der Waals surface area contributed by atoms with E-state index in [1.165, 1.54) is 0 Å². The van der Waals surface area contributed by atoms with E-state index in [1.807, 2.05) is 30.3 Å². The highest BCUT2D eigenvalue weighted by Gasteiger charge is 2.52. The van der Waals surface area contributed by atoms with Crippen LogP contribution in [-0.2, 0) is 19.1 Å². The highest BCUT2D eigenvalue weighted by Crippen LogP contribution is 2.45. The standard InChI is InChI=1S/C26H28N2O5S/c29-23(28-21-11-3-2-10-20(21)27-25(31)26(28)13-5-6-14-26)16-33-24(30)19-9-1-4-12-22(19)34-17-18-8-7-15-32-18/h1-4,9-12,18H,5-8,13-17H2,(H,27,31). The van der Waals surface area contributed by atoms with Crippen LogP contribution in [0.15, 0.2) is 53.4 Å². The number of para-hydroxylation sites is 2. The summed E-state index contributed by atoms with van der Waals surface area (Å²) in [6, 6.07) is 14.5. The van der Waals surface area contributed by atoms with E-state index in [-0.39, 0.29) is 17.9 Å². The molecule has 2 fully saturated rings. The molecule has 5 rings (SSSR count). The molecule has 8 heteroatoms. The molecular weight excluding hydrogens is 452 g/mol. The Bertz CT molecular complexity index is 1090. The van der Waals surface area contributed by atoms with Crippen LogP contribution < -0.4 is 10.2 Å². The minimum Gasteiger partial charge on any atom is -0.452 e. The molecule has 7 nitrogen and oxygen atoms in total. The van der Waals surface area contributed by atoms with Crippen molar-refractivity contribution >= 4 is 40.9 Å². The van der Waals surface area contributed by atoms with Crippen LogP contribution in [0.2, 0.25) is 0 Å². The Morgan fingerprint density at radius 2 is 1.85 bits per heavy atom. The van der Waals surface area contributed by atoms with Gasteiger partial charge in [0, 0.05) is 17.3 Å². The third kappa shape index (κ3) is 4.32. The fourth-order valence-electron chi connectivity index (χ4n) is 5.12. The molecular formula is C26H28N2O5S. The normalized spacial score (nSPS) is 20.8. The number of rotatable bonds is 6. The number of amides is 2. The maximum atomic E-state index is 13.4. The zero-order valence-electron chi connectivity index (χ0n) is 19.0. The molecule has 1 spiro atoms. The van der Waals surface area contributed by atoms with Crippen molar-refractivity contribution in [3.8, 4) is 0 Å². The van der Waals surface area contributed by atoms with Crippen LogP contribution in [0.4, 0.5) is 11.4 Å². The molecule has 2 aromatic carbocycles. The number of nitrogens with one attached hydrogen (secondary N) is 1. The number of hydrogen-bond donors (Lipinski definition) is 1. The molecule has 2 amide bonds. The number of hydrogen-bond acceptors (Lipinski definition) is 6. The van der Waals surface area contributed by atoms with Crippen molar-refractivity contribution in [3.05, 3.63) is 54.1 Å². The number of nitrogens with zero attached hydrogens (tertiary/aromatic N) is 1. The van der Waals surface area contributed by atoms with Crippen molar-refractivity contribution in [2.75, 3.05) is 29.2 Å². The first-order valence-corrected chi connectivity index (χ1v) is 12.8. The first-order chi connectivity index (χ1) is 16.6.